The first-order chi connectivity index (χ1) is 13.7. The van der Waals surface area contributed by atoms with E-state index < -0.39 is 17.1 Å². The molecule has 0 bridgehead atoms. The summed E-state index contributed by atoms with van der Waals surface area (Å²) >= 11 is 6.00. The van der Waals surface area contributed by atoms with Gasteiger partial charge in [-0.25, -0.2) is 0 Å². The van der Waals surface area contributed by atoms with Crippen LogP contribution in [-0.4, -0.2) is 41.0 Å². The fourth-order valence-corrected chi connectivity index (χ4v) is 4.93. The number of nitrogens with zero attached hydrogens (tertiary/aromatic N) is 1. The topological polar surface area (TPSA) is 69.6 Å². The first-order valence-electron chi connectivity index (χ1n) is 10.8. The van der Waals surface area contributed by atoms with Gasteiger partial charge >= 0.3 is 0 Å². The Bertz CT molecular complexity index is 743. The normalized spacial score (nSPS) is 25.6. The molecule has 1 aromatic rings. The quantitative estimate of drug-likeness (QED) is 0.759. The van der Waals surface area contributed by atoms with E-state index in [4.69, 9.17) is 11.6 Å². The summed E-state index contributed by atoms with van der Waals surface area (Å²) in [6.45, 7) is 6.78. The molecule has 160 valence electrons. The summed E-state index contributed by atoms with van der Waals surface area (Å²) < 4.78 is 0. The first kappa shape index (κ1) is 22.1. The second-order valence-electron chi connectivity index (χ2n) is 9.21. The van der Waals surface area contributed by atoms with E-state index in [0.717, 1.165) is 31.2 Å². The summed E-state index contributed by atoms with van der Waals surface area (Å²) in [6.07, 6.45) is 5.03. The van der Waals surface area contributed by atoms with Crippen molar-refractivity contribution in [3.63, 3.8) is 0 Å². The standard InChI is InChI=1S/C23H33ClN2O3/c1-4-19(25-20(27)16-7-5-6-8-16)21(28)26-14-13-23(29,22(2,3)15-26)17-9-11-18(24)12-10-17/h9-12,16,19,29H,4-8,13-15H2,1-3H3,(H,25,27)/t19-,23+/m1/s1. The molecule has 0 unspecified atom stereocenters. The number of halogens is 1. The first-order valence-corrected chi connectivity index (χ1v) is 11.1. The minimum Gasteiger partial charge on any atom is -0.384 e. The summed E-state index contributed by atoms with van der Waals surface area (Å²) in [6, 6.07) is 6.79. The number of likely N-dealkylation sites (tertiary alicyclic amines) is 1. The van der Waals surface area contributed by atoms with Crippen LogP contribution in [-0.2, 0) is 15.2 Å². The van der Waals surface area contributed by atoms with Crippen LogP contribution in [0.2, 0.25) is 5.02 Å². The van der Waals surface area contributed by atoms with Crippen molar-refractivity contribution in [1.29, 1.82) is 0 Å². The van der Waals surface area contributed by atoms with Crippen LogP contribution in [0.1, 0.15) is 64.9 Å². The van der Waals surface area contributed by atoms with Crippen LogP contribution < -0.4 is 5.32 Å². The summed E-state index contributed by atoms with van der Waals surface area (Å²) in [5.41, 5.74) is -0.758. The van der Waals surface area contributed by atoms with Gasteiger partial charge in [0.25, 0.3) is 0 Å². The van der Waals surface area contributed by atoms with Crippen molar-refractivity contribution >= 4 is 23.4 Å². The molecule has 3 rings (SSSR count). The van der Waals surface area contributed by atoms with Gasteiger partial charge in [0.15, 0.2) is 0 Å². The highest BCUT2D eigenvalue weighted by molar-refractivity contribution is 6.30. The molecule has 0 radical (unpaired) electrons. The van der Waals surface area contributed by atoms with Gasteiger partial charge in [0, 0.05) is 29.4 Å². The molecule has 2 N–H and O–H groups in total. The second-order valence-corrected chi connectivity index (χ2v) is 9.65. The number of aliphatic hydroxyl groups is 1. The van der Waals surface area contributed by atoms with Gasteiger partial charge in [-0.3, -0.25) is 9.59 Å². The average Bonchev–Trinajstić information content (AvgIpc) is 3.23. The number of hydrogen-bond acceptors (Lipinski definition) is 3. The summed E-state index contributed by atoms with van der Waals surface area (Å²) in [5, 5.41) is 15.1. The van der Waals surface area contributed by atoms with Crippen molar-refractivity contribution in [2.45, 2.75) is 70.9 Å². The number of amides is 2. The Hall–Kier alpha value is -1.59. The Kier molecular flexibility index (Phi) is 6.59. The van der Waals surface area contributed by atoms with E-state index in [1.165, 1.54) is 0 Å². The van der Waals surface area contributed by atoms with Gasteiger partial charge in [0.05, 0.1) is 5.60 Å². The molecule has 1 aliphatic heterocycles. The summed E-state index contributed by atoms with van der Waals surface area (Å²) in [5.74, 6) is 0.00589. The molecule has 2 amide bonds. The molecule has 6 heteroatoms. The zero-order valence-electron chi connectivity index (χ0n) is 17.7. The van der Waals surface area contributed by atoms with Crippen LogP contribution in [0.3, 0.4) is 0 Å². The van der Waals surface area contributed by atoms with E-state index in [1.807, 2.05) is 32.9 Å². The number of carbonyl (C=O) groups is 2. The molecule has 1 saturated carbocycles. The Morgan fingerprint density at radius 3 is 2.41 bits per heavy atom. The molecule has 1 aromatic carbocycles. The van der Waals surface area contributed by atoms with Crippen molar-refractivity contribution in [2.24, 2.45) is 11.3 Å². The van der Waals surface area contributed by atoms with E-state index in [9.17, 15) is 14.7 Å². The minimum atomic E-state index is -1.04. The fraction of sp³-hybridized carbons (Fsp3) is 0.652. The lowest BCUT2D eigenvalue weighted by Gasteiger charge is -2.51. The highest BCUT2D eigenvalue weighted by Gasteiger charge is 2.50. The molecule has 2 atom stereocenters. The number of hydrogen-bond donors (Lipinski definition) is 2. The van der Waals surface area contributed by atoms with Crippen LogP contribution in [0, 0.1) is 11.3 Å². The van der Waals surface area contributed by atoms with Gasteiger partial charge in [-0.15, -0.1) is 0 Å². The van der Waals surface area contributed by atoms with E-state index in [2.05, 4.69) is 5.32 Å². The van der Waals surface area contributed by atoms with Gasteiger partial charge < -0.3 is 15.3 Å². The van der Waals surface area contributed by atoms with Gasteiger partial charge in [0.2, 0.25) is 11.8 Å². The number of carbonyl (C=O) groups excluding carboxylic acids is 2. The van der Waals surface area contributed by atoms with Crippen molar-refractivity contribution in [3.05, 3.63) is 34.9 Å². The molecular weight excluding hydrogens is 388 g/mol. The summed E-state index contributed by atoms with van der Waals surface area (Å²) in [7, 11) is 0. The third-order valence-corrected chi connectivity index (χ3v) is 7.08. The Balaban J connectivity index is 1.69. The minimum absolute atomic E-state index is 0.0108. The molecule has 29 heavy (non-hydrogen) atoms. The smallest absolute Gasteiger partial charge is 0.245 e. The van der Waals surface area contributed by atoms with Crippen LogP contribution in [0.15, 0.2) is 24.3 Å². The Morgan fingerprint density at radius 1 is 1.24 bits per heavy atom. The fourth-order valence-electron chi connectivity index (χ4n) is 4.81. The zero-order valence-corrected chi connectivity index (χ0v) is 18.5. The number of rotatable bonds is 5. The highest BCUT2D eigenvalue weighted by Crippen LogP contribution is 2.46. The predicted molar refractivity (Wildman–Crippen MR) is 115 cm³/mol. The third-order valence-electron chi connectivity index (χ3n) is 6.83. The molecule has 2 fully saturated rings. The van der Waals surface area contributed by atoms with Gasteiger partial charge in [-0.05, 0) is 43.4 Å². The largest absolute Gasteiger partial charge is 0.384 e. The number of nitrogens with one attached hydrogen (secondary N) is 1. The maximum absolute atomic E-state index is 13.2. The molecule has 1 saturated heterocycles. The van der Waals surface area contributed by atoms with Crippen LogP contribution in [0.4, 0.5) is 0 Å². The van der Waals surface area contributed by atoms with E-state index in [-0.39, 0.29) is 17.7 Å². The molecule has 2 aliphatic rings. The number of benzene rings is 1. The van der Waals surface area contributed by atoms with E-state index in [1.54, 1.807) is 17.0 Å². The predicted octanol–water partition coefficient (Wildman–Crippen LogP) is 3.87. The number of piperidine rings is 1. The zero-order chi connectivity index (χ0) is 21.2. The van der Waals surface area contributed by atoms with Crippen molar-refractivity contribution < 1.29 is 14.7 Å². The third kappa shape index (κ3) is 4.46. The molecule has 1 heterocycles. The monoisotopic (exact) mass is 420 g/mol. The SMILES string of the molecule is CC[C@@H](NC(=O)C1CCCC1)C(=O)N1CC[C@](O)(c2ccc(Cl)cc2)C(C)(C)C1. The van der Waals surface area contributed by atoms with Gasteiger partial charge in [-0.1, -0.05) is 57.3 Å². The Morgan fingerprint density at radius 2 is 1.86 bits per heavy atom. The van der Waals surface area contributed by atoms with Gasteiger partial charge in [0.1, 0.15) is 6.04 Å². The van der Waals surface area contributed by atoms with Crippen LogP contribution >= 0.6 is 11.6 Å². The van der Waals surface area contributed by atoms with E-state index >= 15 is 0 Å². The van der Waals surface area contributed by atoms with Crippen molar-refractivity contribution in [2.75, 3.05) is 13.1 Å². The Labute approximate surface area is 178 Å². The molecule has 1 aliphatic carbocycles. The van der Waals surface area contributed by atoms with Crippen molar-refractivity contribution in [3.8, 4) is 0 Å². The molecular formula is C23H33ClN2O3. The lowest BCUT2D eigenvalue weighted by Crippen LogP contribution is -2.59. The molecule has 0 spiro atoms. The molecule has 5 nitrogen and oxygen atoms in total. The van der Waals surface area contributed by atoms with Crippen molar-refractivity contribution in [1.82, 2.24) is 10.2 Å². The van der Waals surface area contributed by atoms with E-state index in [0.29, 0.717) is 31.0 Å². The second kappa shape index (κ2) is 8.65. The maximum Gasteiger partial charge on any atom is 0.245 e. The maximum atomic E-state index is 13.2. The average molecular weight is 421 g/mol. The lowest BCUT2D eigenvalue weighted by atomic mass is 9.66. The summed E-state index contributed by atoms with van der Waals surface area (Å²) in [4.78, 5) is 27.5. The lowest BCUT2D eigenvalue weighted by molar-refractivity contribution is -0.156. The molecule has 0 aromatic heterocycles. The van der Waals surface area contributed by atoms with Crippen LogP contribution in [0.5, 0.6) is 0 Å². The van der Waals surface area contributed by atoms with Crippen LogP contribution in [0.25, 0.3) is 0 Å². The van der Waals surface area contributed by atoms with Gasteiger partial charge in [-0.2, -0.15) is 0 Å². The highest BCUT2D eigenvalue weighted by atomic mass is 35.5.